The van der Waals surface area contributed by atoms with Crippen molar-refractivity contribution in [1.82, 2.24) is 15.1 Å². The first-order chi connectivity index (χ1) is 12.8. The van der Waals surface area contributed by atoms with E-state index in [9.17, 15) is 4.79 Å². The second kappa shape index (κ2) is 9.70. The number of likely N-dealkylation sites (tertiary alicyclic amines) is 1. The van der Waals surface area contributed by atoms with Crippen LogP contribution in [-0.2, 0) is 11.2 Å². The summed E-state index contributed by atoms with van der Waals surface area (Å²) >= 11 is 0. The monoisotopic (exact) mass is 371 g/mol. The molecule has 3 rings (SSSR count). The third-order valence-corrected chi connectivity index (χ3v) is 5.30. The first kappa shape index (κ1) is 21.2. The van der Waals surface area contributed by atoms with Gasteiger partial charge in [0.1, 0.15) is 0 Å². The van der Waals surface area contributed by atoms with E-state index >= 15 is 0 Å². The molecule has 5 nitrogen and oxygen atoms in total. The van der Waals surface area contributed by atoms with Gasteiger partial charge in [0, 0.05) is 29.6 Å². The SMILES string of the molecule is C=CC(=O)O.CC[C@H]1CN(C)CC[C@@H]1c1[nH]nc2cc(CC(C)C)ccc12. The van der Waals surface area contributed by atoms with Crippen LogP contribution >= 0.6 is 0 Å². The lowest BCUT2D eigenvalue weighted by atomic mass is 9.80. The van der Waals surface area contributed by atoms with Crippen LogP contribution in [0.3, 0.4) is 0 Å². The number of aromatic nitrogens is 2. The lowest BCUT2D eigenvalue weighted by molar-refractivity contribution is -0.131. The van der Waals surface area contributed by atoms with Crippen molar-refractivity contribution < 1.29 is 9.90 Å². The third kappa shape index (κ3) is 5.67. The molecule has 0 saturated carbocycles. The minimum Gasteiger partial charge on any atom is -0.478 e. The molecule has 0 spiro atoms. The Morgan fingerprint density at radius 1 is 1.48 bits per heavy atom. The van der Waals surface area contributed by atoms with Gasteiger partial charge in [-0.25, -0.2) is 4.79 Å². The van der Waals surface area contributed by atoms with Gasteiger partial charge in [-0.2, -0.15) is 5.10 Å². The summed E-state index contributed by atoms with van der Waals surface area (Å²) in [5.41, 5.74) is 3.91. The van der Waals surface area contributed by atoms with E-state index in [0.717, 1.165) is 23.9 Å². The maximum absolute atomic E-state index is 9.25. The zero-order valence-electron chi connectivity index (χ0n) is 17.0. The van der Waals surface area contributed by atoms with Crippen molar-refractivity contribution in [3.05, 3.63) is 42.1 Å². The Hall–Kier alpha value is -2.14. The van der Waals surface area contributed by atoms with Crippen LogP contribution in [-0.4, -0.2) is 46.3 Å². The van der Waals surface area contributed by atoms with E-state index in [-0.39, 0.29) is 0 Å². The number of nitrogens with zero attached hydrogens (tertiary/aromatic N) is 2. The highest BCUT2D eigenvalue weighted by atomic mass is 16.4. The zero-order valence-corrected chi connectivity index (χ0v) is 17.0. The largest absolute Gasteiger partial charge is 0.478 e. The molecule has 2 atom stereocenters. The number of carboxylic acid groups (broad SMARTS) is 1. The summed E-state index contributed by atoms with van der Waals surface area (Å²) in [6.45, 7) is 12.2. The number of benzene rings is 1. The molecule has 0 aliphatic carbocycles. The van der Waals surface area contributed by atoms with Crippen LogP contribution in [0, 0.1) is 11.8 Å². The first-order valence-electron chi connectivity index (χ1n) is 9.86. The van der Waals surface area contributed by atoms with Gasteiger partial charge in [0.2, 0.25) is 0 Å². The fraction of sp³-hybridized carbons (Fsp3) is 0.545. The summed E-state index contributed by atoms with van der Waals surface area (Å²) in [4.78, 5) is 11.7. The van der Waals surface area contributed by atoms with E-state index in [1.165, 1.54) is 42.6 Å². The fourth-order valence-corrected chi connectivity index (χ4v) is 3.97. The summed E-state index contributed by atoms with van der Waals surface area (Å²) in [7, 11) is 2.24. The van der Waals surface area contributed by atoms with Crippen molar-refractivity contribution in [3.63, 3.8) is 0 Å². The number of aliphatic carboxylic acids is 1. The Kier molecular flexibility index (Phi) is 7.60. The van der Waals surface area contributed by atoms with Gasteiger partial charge in [0.05, 0.1) is 5.52 Å². The van der Waals surface area contributed by atoms with Crippen LogP contribution in [0.4, 0.5) is 0 Å². The maximum atomic E-state index is 9.25. The smallest absolute Gasteiger partial charge is 0.327 e. The summed E-state index contributed by atoms with van der Waals surface area (Å²) in [5.74, 6) is 1.07. The van der Waals surface area contributed by atoms with Crippen molar-refractivity contribution in [3.8, 4) is 0 Å². The van der Waals surface area contributed by atoms with Gasteiger partial charge in [-0.3, -0.25) is 5.10 Å². The summed E-state index contributed by atoms with van der Waals surface area (Å²) < 4.78 is 0. The van der Waals surface area contributed by atoms with Gasteiger partial charge in [-0.05, 0) is 49.9 Å². The van der Waals surface area contributed by atoms with E-state index in [0.29, 0.717) is 11.8 Å². The molecule has 1 aliphatic heterocycles. The van der Waals surface area contributed by atoms with Crippen LogP contribution in [0.1, 0.15) is 50.8 Å². The molecule has 5 heteroatoms. The Bertz CT molecular complexity index is 766. The number of fused-ring (bicyclic) bond motifs is 1. The number of H-pyrrole nitrogens is 1. The van der Waals surface area contributed by atoms with E-state index in [1.807, 2.05) is 0 Å². The Morgan fingerprint density at radius 2 is 2.19 bits per heavy atom. The molecule has 2 heterocycles. The van der Waals surface area contributed by atoms with Crippen molar-refractivity contribution in [1.29, 1.82) is 0 Å². The Balaban J connectivity index is 0.000000465. The average Bonchev–Trinajstić information content (AvgIpc) is 3.04. The van der Waals surface area contributed by atoms with Gasteiger partial charge < -0.3 is 10.0 Å². The first-order valence-corrected chi connectivity index (χ1v) is 9.86. The fourth-order valence-electron chi connectivity index (χ4n) is 3.97. The summed E-state index contributed by atoms with van der Waals surface area (Å²) in [5, 5.41) is 16.9. The van der Waals surface area contributed by atoms with Gasteiger partial charge in [0.15, 0.2) is 0 Å². The molecule has 148 valence electrons. The van der Waals surface area contributed by atoms with E-state index < -0.39 is 5.97 Å². The molecule has 27 heavy (non-hydrogen) atoms. The molecule has 1 saturated heterocycles. The predicted octanol–water partition coefficient (Wildman–Crippen LogP) is 4.46. The molecule has 2 N–H and O–H groups in total. The van der Waals surface area contributed by atoms with Crippen LogP contribution in [0.15, 0.2) is 30.9 Å². The van der Waals surface area contributed by atoms with Gasteiger partial charge >= 0.3 is 5.97 Å². The van der Waals surface area contributed by atoms with E-state index in [1.54, 1.807) is 0 Å². The second-order valence-electron chi connectivity index (χ2n) is 7.95. The molecule has 1 aromatic heterocycles. The van der Waals surface area contributed by atoms with Crippen molar-refractivity contribution in [2.45, 2.75) is 46.0 Å². The van der Waals surface area contributed by atoms with Crippen molar-refractivity contribution in [2.75, 3.05) is 20.1 Å². The number of hydrogen-bond donors (Lipinski definition) is 2. The summed E-state index contributed by atoms with van der Waals surface area (Å²) in [6.07, 6.45) is 4.44. The number of aromatic amines is 1. The molecule has 1 fully saturated rings. The van der Waals surface area contributed by atoms with Crippen LogP contribution < -0.4 is 0 Å². The minimum atomic E-state index is -0.981. The van der Waals surface area contributed by atoms with Crippen LogP contribution in [0.25, 0.3) is 10.9 Å². The van der Waals surface area contributed by atoms with E-state index in [2.05, 4.69) is 67.7 Å². The molecule has 0 bridgehead atoms. The highest BCUT2D eigenvalue weighted by molar-refractivity contribution is 5.82. The van der Waals surface area contributed by atoms with Crippen LogP contribution in [0.5, 0.6) is 0 Å². The Labute approximate surface area is 162 Å². The van der Waals surface area contributed by atoms with Gasteiger partial charge in [0.25, 0.3) is 0 Å². The van der Waals surface area contributed by atoms with E-state index in [4.69, 9.17) is 5.11 Å². The zero-order chi connectivity index (χ0) is 20.0. The molecule has 0 radical (unpaired) electrons. The molecular weight excluding hydrogens is 338 g/mol. The number of nitrogens with one attached hydrogen (secondary N) is 1. The lowest BCUT2D eigenvalue weighted by Crippen LogP contribution is -2.36. The topological polar surface area (TPSA) is 69.2 Å². The number of rotatable bonds is 5. The highest BCUT2D eigenvalue weighted by Gasteiger charge is 2.30. The molecular formula is C22H33N3O2. The predicted molar refractivity (Wildman–Crippen MR) is 111 cm³/mol. The Morgan fingerprint density at radius 3 is 2.78 bits per heavy atom. The van der Waals surface area contributed by atoms with Crippen molar-refractivity contribution >= 4 is 16.9 Å². The lowest BCUT2D eigenvalue weighted by Gasteiger charge is -2.36. The highest BCUT2D eigenvalue weighted by Crippen LogP contribution is 2.36. The number of hydrogen-bond acceptors (Lipinski definition) is 3. The molecule has 0 unspecified atom stereocenters. The number of carboxylic acids is 1. The average molecular weight is 372 g/mol. The number of carbonyl (C=O) groups is 1. The maximum Gasteiger partial charge on any atom is 0.327 e. The van der Waals surface area contributed by atoms with Crippen LogP contribution in [0.2, 0.25) is 0 Å². The molecule has 2 aromatic rings. The quantitative estimate of drug-likeness (QED) is 0.761. The molecule has 1 aliphatic rings. The number of piperidine rings is 1. The second-order valence-corrected chi connectivity index (χ2v) is 7.95. The van der Waals surface area contributed by atoms with Gasteiger partial charge in [-0.15, -0.1) is 0 Å². The normalized spacial score (nSPS) is 20.3. The standard InChI is InChI=1S/C19H29N3.C3H4O2/c1-5-15-12-22(4)9-8-16(15)19-17-7-6-14(10-13(2)3)11-18(17)20-21-19;1-2-3(4)5/h6-7,11,13,15-16H,5,8-10,12H2,1-4H3,(H,20,21);2H,1H2,(H,4,5)/t15-,16-;/m0./s1. The van der Waals surface area contributed by atoms with Crippen molar-refractivity contribution in [2.24, 2.45) is 11.8 Å². The molecule has 0 amide bonds. The summed E-state index contributed by atoms with van der Waals surface area (Å²) in [6, 6.07) is 6.85. The minimum absolute atomic E-state index is 0.627. The third-order valence-electron chi connectivity index (χ3n) is 5.30. The molecule has 1 aromatic carbocycles. The van der Waals surface area contributed by atoms with Gasteiger partial charge in [-0.1, -0.05) is 45.9 Å².